The van der Waals surface area contributed by atoms with Crippen molar-refractivity contribution in [3.05, 3.63) is 42.0 Å². The first-order valence-corrected chi connectivity index (χ1v) is 4.69. The molecule has 0 saturated carbocycles. The van der Waals surface area contributed by atoms with E-state index in [4.69, 9.17) is 5.26 Å². The molecule has 0 amide bonds. The molecule has 0 radical (unpaired) electrons. The zero-order valence-electron chi connectivity index (χ0n) is 8.45. The number of alkyl halides is 3. The van der Waals surface area contributed by atoms with Crippen molar-refractivity contribution in [1.29, 1.82) is 5.26 Å². The highest BCUT2D eigenvalue weighted by atomic mass is 19.4. The van der Waals surface area contributed by atoms with Gasteiger partial charge in [-0.05, 0) is 17.5 Å². The molecule has 2 nitrogen and oxygen atoms in total. The van der Waals surface area contributed by atoms with Crippen LogP contribution in [0.4, 0.5) is 13.2 Å². The summed E-state index contributed by atoms with van der Waals surface area (Å²) in [5.41, 5.74) is 0.155. The quantitative estimate of drug-likeness (QED) is 0.759. The summed E-state index contributed by atoms with van der Waals surface area (Å²) in [5, 5.41) is 9.58. The number of nitriles is 1. The van der Waals surface area contributed by atoms with E-state index >= 15 is 0 Å². The minimum atomic E-state index is -4.77. The molecule has 0 heterocycles. The normalized spacial score (nSPS) is 11.2. The van der Waals surface area contributed by atoms with Crippen LogP contribution in [0.15, 0.2) is 36.4 Å². The van der Waals surface area contributed by atoms with Crippen LogP contribution in [0.5, 0.6) is 5.75 Å². The molecule has 0 unspecified atom stereocenters. The standard InChI is InChI=1S/C12H6F3NO/c13-12(14,15)17-10-6-2-4-8-3-1-5-9(7-16)11(8)10/h1-6H. The third-order valence-electron chi connectivity index (χ3n) is 2.21. The first-order valence-electron chi connectivity index (χ1n) is 4.69. The summed E-state index contributed by atoms with van der Waals surface area (Å²) >= 11 is 0. The van der Waals surface area contributed by atoms with Crippen LogP contribution in [-0.2, 0) is 0 Å². The Balaban J connectivity index is 2.68. The molecule has 2 rings (SSSR count). The van der Waals surface area contributed by atoms with Crippen LogP contribution < -0.4 is 4.74 Å². The molecular formula is C12H6F3NO. The summed E-state index contributed by atoms with van der Waals surface area (Å²) in [4.78, 5) is 0. The van der Waals surface area contributed by atoms with Gasteiger partial charge in [0, 0.05) is 5.39 Å². The van der Waals surface area contributed by atoms with E-state index in [9.17, 15) is 13.2 Å². The van der Waals surface area contributed by atoms with Crippen LogP contribution in [-0.4, -0.2) is 6.36 Å². The van der Waals surface area contributed by atoms with Gasteiger partial charge in [0.1, 0.15) is 5.75 Å². The molecule has 0 aliphatic rings. The number of ether oxygens (including phenoxy) is 1. The lowest BCUT2D eigenvalue weighted by atomic mass is 10.0. The summed E-state index contributed by atoms with van der Waals surface area (Å²) in [6, 6.07) is 10.8. The van der Waals surface area contributed by atoms with Crippen molar-refractivity contribution in [2.75, 3.05) is 0 Å². The predicted molar refractivity (Wildman–Crippen MR) is 55.3 cm³/mol. The second kappa shape index (κ2) is 3.98. The maximum absolute atomic E-state index is 12.2. The van der Waals surface area contributed by atoms with E-state index in [1.807, 2.05) is 6.07 Å². The SMILES string of the molecule is N#Cc1cccc2cccc(OC(F)(F)F)c12. The fourth-order valence-corrected chi connectivity index (χ4v) is 1.61. The Morgan fingerprint density at radius 2 is 1.71 bits per heavy atom. The van der Waals surface area contributed by atoms with Crippen molar-refractivity contribution >= 4 is 10.8 Å². The fourth-order valence-electron chi connectivity index (χ4n) is 1.61. The van der Waals surface area contributed by atoms with Crippen LogP contribution in [0, 0.1) is 11.3 Å². The lowest BCUT2D eigenvalue weighted by Gasteiger charge is -2.11. The average Bonchev–Trinajstić information content (AvgIpc) is 2.26. The van der Waals surface area contributed by atoms with Crippen molar-refractivity contribution in [2.45, 2.75) is 6.36 Å². The van der Waals surface area contributed by atoms with Gasteiger partial charge in [0.05, 0.1) is 11.6 Å². The van der Waals surface area contributed by atoms with E-state index in [-0.39, 0.29) is 16.7 Å². The van der Waals surface area contributed by atoms with Crippen molar-refractivity contribution in [1.82, 2.24) is 0 Å². The van der Waals surface area contributed by atoms with Gasteiger partial charge in [-0.25, -0.2) is 0 Å². The first-order chi connectivity index (χ1) is 8.01. The molecule has 2 aromatic rings. The van der Waals surface area contributed by atoms with Gasteiger partial charge in [-0.2, -0.15) is 5.26 Å². The summed E-state index contributed by atoms with van der Waals surface area (Å²) < 4.78 is 40.5. The highest BCUT2D eigenvalue weighted by Gasteiger charge is 2.32. The minimum absolute atomic E-state index is 0.155. The molecule has 17 heavy (non-hydrogen) atoms. The molecule has 86 valence electrons. The van der Waals surface area contributed by atoms with Crippen LogP contribution in [0.2, 0.25) is 0 Å². The zero-order valence-corrected chi connectivity index (χ0v) is 8.45. The molecule has 0 atom stereocenters. The molecule has 0 aliphatic heterocycles. The Morgan fingerprint density at radius 1 is 1.06 bits per heavy atom. The molecule has 0 aliphatic carbocycles. The zero-order chi connectivity index (χ0) is 12.5. The largest absolute Gasteiger partial charge is 0.573 e. The van der Waals surface area contributed by atoms with E-state index in [1.165, 1.54) is 18.2 Å². The second-order valence-electron chi connectivity index (χ2n) is 3.32. The molecule has 0 aromatic heterocycles. The lowest BCUT2D eigenvalue weighted by Crippen LogP contribution is -2.17. The van der Waals surface area contributed by atoms with Gasteiger partial charge in [-0.1, -0.05) is 24.3 Å². The topological polar surface area (TPSA) is 33.0 Å². The highest BCUT2D eigenvalue weighted by Crippen LogP contribution is 2.32. The Morgan fingerprint density at radius 3 is 2.29 bits per heavy atom. The van der Waals surface area contributed by atoms with Gasteiger partial charge < -0.3 is 4.74 Å². The molecular weight excluding hydrogens is 231 g/mol. The molecule has 0 saturated heterocycles. The number of hydrogen-bond donors (Lipinski definition) is 0. The van der Waals surface area contributed by atoms with Crippen LogP contribution >= 0.6 is 0 Å². The van der Waals surface area contributed by atoms with Crippen molar-refractivity contribution < 1.29 is 17.9 Å². The average molecular weight is 237 g/mol. The number of fused-ring (bicyclic) bond motifs is 1. The van der Waals surface area contributed by atoms with E-state index < -0.39 is 6.36 Å². The molecule has 2 aromatic carbocycles. The Labute approximate surface area is 94.8 Å². The fraction of sp³-hybridized carbons (Fsp3) is 0.0833. The number of benzene rings is 2. The summed E-state index contributed by atoms with van der Waals surface area (Å²) in [7, 11) is 0. The number of nitrogens with zero attached hydrogens (tertiary/aromatic N) is 1. The van der Waals surface area contributed by atoms with Crippen molar-refractivity contribution in [3.8, 4) is 11.8 Å². The van der Waals surface area contributed by atoms with E-state index in [0.29, 0.717) is 5.39 Å². The molecule has 0 bridgehead atoms. The molecule has 0 N–H and O–H groups in total. The van der Waals surface area contributed by atoms with E-state index in [1.54, 1.807) is 18.2 Å². The summed E-state index contributed by atoms with van der Waals surface area (Å²) in [5.74, 6) is -0.354. The third-order valence-corrected chi connectivity index (χ3v) is 2.21. The molecule has 5 heteroatoms. The van der Waals surface area contributed by atoms with Crippen LogP contribution in [0.1, 0.15) is 5.56 Å². The van der Waals surface area contributed by atoms with Crippen LogP contribution in [0.25, 0.3) is 10.8 Å². The van der Waals surface area contributed by atoms with Gasteiger partial charge in [0.2, 0.25) is 0 Å². The summed E-state index contributed by atoms with van der Waals surface area (Å²) in [6.07, 6.45) is -4.77. The maximum atomic E-state index is 12.2. The highest BCUT2D eigenvalue weighted by molar-refractivity contribution is 5.93. The Kier molecular flexibility index (Phi) is 2.64. The van der Waals surface area contributed by atoms with E-state index in [2.05, 4.69) is 4.74 Å². The van der Waals surface area contributed by atoms with Crippen molar-refractivity contribution in [2.24, 2.45) is 0 Å². The third kappa shape index (κ3) is 2.31. The van der Waals surface area contributed by atoms with Gasteiger partial charge in [0.25, 0.3) is 0 Å². The molecule has 0 fully saturated rings. The lowest BCUT2D eigenvalue weighted by molar-refractivity contribution is -0.274. The van der Waals surface area contributed by atoms with Gasteiger partial charge in [-0.15, -0.1) is 13.2 Å². The van der Waals surface area contributed by atoms with Gasteiger partial charge in [0.15, 0.2) is 0 Å². The number of halogens is 3. The minimum Gasteiger partial charge on any atom is -0.405 e. The Hall–Kier alpha value is -2.22. The maximum Gasteiger partial charge on any atom is 0.573 e. The van der Waals surface area contributed by atoms with E-state index in [0.717, 1.165) is 0 Å². The van der Waals surface area contributed by atoms with Gasteiger partial charge in [-0.3, -0.25) is 0 Å². The second-order valence-corrected chi connectivity index (χ2v) is 3.32. The first kappa shape index (κ1) is 11.3. The number of hydrogen-bond acceptors (Lipinski definition) is 2. The monoisotopic (exact) mass is 237 g/mol. The van der Waals surface area contributed by atoms with Crippen molar-refractivity contribution in [3.63, 3.8) is 0 Å². The number of rotatable bonds is 1. The summed E-state index contributed by atoms with van der Waals surface area (Å²) in [6.45, 7) is 0. The molecule has 0 spiro atoms. The predicted octanol–water partition coefficient (Wildman–Crippen LogP) is 3.61. The van der Waals surface area contributed by atoms with Gasteiger partial charge >= 0.3 is 6.36 Å². The Bertz CT molecular complexity index is 593. The smallest absolute Gasteiger partial charge is 0.405 e. The van der Waals surface area contributed by atoms with Crippen LogP contribution in [0.3, 0.4) is 0 Å².